The van der Waals surface area contributed by atoms with Gasteiger partial charge in [-0.15, -0.1) is 0 Å². The molecule has 0 saturated carbocycles. The van der Waals surface area contributed by atoms with E-state index >= 15 is 0 Å². The standard InChI is InChI=1S/C19H22N2O2.4ClH.2Zn/c1-3-15-5-7-19(23)17(11-15)13-21-9-8-20-12-16-10-14(2)4-6-18(16)22;;;;;;/h4-7,10-13,22-23H,3,8-9H2,1-2H3;4*1H;;/q;;;;;2*+2/p-4. The van der Waals surface area contributed by atoms with Gasteiger partial charge in [0.25, 0.3) is 0 Å². The molecule has 0 bridgehead atoms. The number of nitrogens with zero attached hydrogens (tertiary/aromatic N) is 2. The van der Waals surface area contributed by atoms with Gasteiger partial charge in [-0.3, -0.25) is 9.98 Å². The van der Waals surface area contributed by atoms with Crippen molar-refractivity contribution in [1.82, 2.24) is 0 Å². The van der Waals surface area contributed by atoms with Gasteiger partial charge in [-0.1, -0.05) is 24.6 Å². The fourth-order valence-electron chi connectivity index (χ4n) is 2.15. The number of halogens is 4. The second-order valence-corrected chi connectivity index (χ2v) is 14.8. The van der Waals surface area contributed by atoms with Crippen LogP contribution < -0.4 is 0 Å². The zero-order valence-electron chi connectivity index (χ0n) is 16.5. The Kier molecular flexibility index (Phi) is 18.4. The van der Waals surface area contributed by atoms with E-state index in [0.29, 0.717) is 18.7 Å². The Morgan fingerprint density at radius 2 is 1.28 bits per heavy atom. The molecule has 2 rings (SSSR count). The summed E-state index contributed by atoms with van der Waals surface area (Å²) in [5.41, 5.74) is 3.68. The quantitative estimate of drug-likeness (QED) is 0.240. The number of phenolic OH excluding ortho intramolecular Hbond substituents is 2. The van der Waals surface area contributed by atoms with Crippen LogP contribution in [0.5, 0.6) is 11.5 Å². The predicted octanol–water partition coefficient (Wildman–Crippen LogP) is 6.26. The Morgan fingerprint density at radius 1 is 0.828 bits per heavy atom. The van der Waals surface area contributed by atoms with Gasteiger partial charge >= 0.3 is 69.1 Å². The summed E-state index contributed by atoms with van der Waals surface area (Å²) in [6.07, 6.45) is 4.26. The number of rotatable bonds is 6. The molecule has 0 spiro atoms. The van der Waals surface area contributed by atoms with Crippen LogP contribution in [-0.4, -0.2) is 35.7 Å². The monoisotopic (exact) mass is 578 g/mol. The van der Waals surface area contributed by atoms with Gasteiger partial charge in [-0.2, -0.15) is 0 Å². The van der Waals surface area contributed by atoms with Crippen molar-refractivity contribution >= 4 is 51.2 Å². The molecule has 0 unspecified atom stereocenters. The maximum atomic E-state index is 9.79. The summed E-state index contributed by atoms with van der Waals surface area (Å²) in [4.78, 5) is 8.56. The number of hydrogen-bond acceptors (Lipinski definition) is 4. The summed E-state index contributed by atoms with van der Waals surface area (Å²) in [5.74, 6) is 0.461. The van der Waals surface area contributed by atoms with Crippen LogP contribution in [0, 0.1) is 6.92 Å². The number of aliphatic imine (C=N–C) groups is 2. The van der Waals surface area contributed by atoms with E-state index < -0.39 is 30.3 Å². The van der Waals surface area contributed by atoms with E-state index in [0.717, 1.165) is 23.1 Å². The molecule has 2 N–H and O–H groups in total. The molecule has 0 amide bonds. The van der Waals surface area contributed by atoms with Crippen LogP contribution in [0.3, 0.4) is 0 Å². The summed E-state index contributed by atoms with van der Waals surface area (Å²) >= 11 is -1.86. The third-order valence-electron chi connectivity index (χ3n) is 3.50. The molecule has 0 radical (unpaired) electrons. The molecule has 152 valence electrons. The van der Waals surface area contributed by atoms with Crippen molar-refractivity contribution in [2.75, 3.05) is 13.1 Å². The van der Waals surface area contributed by atoms with E-state index in [1.165, 1.54) is 0 Å². The number of hydrogen-bond donors (Lipinski definition) is 2. The van der Waals surface area contributed by atoms with Gasteiger partial charge in [-0.05, 0) is 43.2 Å². The van der Waals surface area contributed by atoms with E-state index in [1.54, 1.807) is 24.6 Å². The van der Waals surface area contributed by atoms with Crippen LogP contribution in [0.15, 0.2) is 46.4 Å². The number of phenols is 2. The molecular weight excluding hydrogens is 561 g/mol. The zero-order chi connectivity index (χ0) is 22.1. The van der Waals surface area contributed by atoms with Crippen molar-refractivity contribution in [3.8, 4) is 11.5 Å². The average Bonchev–Trinajstić information content (AvgIpc) is 2.69. The third kappa shape index (κ3) is 13.7. The summed E-state index contributed by atoms with van der Waals surface area (Å²) < 4.78 is 0. The Labute approximate surface area is 203 Å². The molecule has 0 fully saturated rings. The molecule has 2 aromatic carbocycles. The molecule has 2 aromatic rings. The fraction of sp³-hybridized carbons (Fsp3) is 0.263. The summed E-state index contributed by atoms with van der Waals surface area (Å²) in [5, 5.41) is 19.5. The zero-order valence-corrected chi connectivity index (χ0v) is 25.4. The third-order valence-corrected chi connectivity index (χ3v) is 3.50. The SMILES string of the molecule is CCc1ccc(O)c(C=NCCN=Cc2cc(C)ccc2O)c1.[Cl][Zn][Cl].[Cl][Zn][Cl]. The van der Waals surface area contributed by atoms with E-state index in [4.69, 9.17) is 38.8 Å². The number of benzene rings is 2. The maximum absolute atomic E-state index is 9.79. The van der Waals surface area contributed by atoms with Crippen LogP contribution in [0.4, 0.5) is 0 Å². The summed E-state index contributed by atoms with van der Waals surface area (Å²) in [6, 6.07) is 10.9. The molecule has 0 aliphatic rings. The second-order valence-electron chi connectivity index (χ2n) is 5.58. The summed E-state index contributed by atoms with van der Waals surface area (Å²) in [7, 11) is 19.8. The van der Waals surface area contributed by atoms with E-state index in [2.05, 4.69) is 16.9 Å². The first-order valence-electron chi connectivity index (χ1n) is 8.78. The molecule has 0 saturated heterocycles. The Bertz CT molecular complexity index is 776. The molecule has 0 atom stereocenters. The van der Waals surface area contributed by atoms with Crippen molar-refractivity contribution in [3.05, 3.63) is 58.7 Å². The van der Waals surface area contributed by atoms with Crippen LogP contribution in [0.25, 0.3) is 0 Å². The predicted molar refractivity (Wildman–Crippen MR) is 119 cm³/mol. The normalized spacial score (nSPS) is 9.86. The van der Waals surface area contributed by atoms with Crippen LogP contribution in [0.2, 0.25) is 0 Å². The van der Waals surface area contributed by atoms with Crippen molar-refractivity contribution in [1.29, 1.82) is 0 Å². The van der Waals surface area contributed by atoms with Crippen LogP contribution in [0.1, 0.15) is 29.2 Å². The van der Waals surface area contributed by atoms with Gasteiger partial charge in [0.1, 0.15) is 11.5 Å². The minimum atomic E-state index is -0.931. The van der Waals surface area contributed by atoms with Crippen molar-refractivity contribution in [2.24, 2.45) is 9.98 Å². The molecular formula is C19H22Cl4N2O2Zn2. The molecule has 4 nitrogen and oxygen atoms in total. The Balaban J connectivity index is 0.00000116. The van der Waals surface area contributed by atoms with Gasteiger partial charge < -0.3 is 10.2 Å². The Hall–Kier alpha value is -0.213. The first kappa shape index (κ1) is 28.8. The fourth-order valence-corrected chi connectivity index (χ4v) is 2.15. The average molecular weight is 583 g/mol. The van der Waals surface area contributed by atoms with Gasteiger partial charge in [-0.25, -0.2) is 0 Å². The van der Waals surface area contributed by atoms with Gasteiger partial charge in [0, 0.05) is 23.6 Å². The molecule has 0 aromatic heterocycles. The second kappa shape index (κ2) is 18.5. The van der Waals surface area contributed by atoms with Gasteiger partial charge in [0.15, 0.2) is 0 Å². The van der Waals surface area contributed by atoms with Crippen LogP contribution in [-0.2, 0) is 36.7 Å². The van der Waals surface area contributed by atoms with Crippen molar-refractivity contribution in [2.45, 2.75) is 20.3 Å². The number of aryl methyl sites for hydroxylation is 2. The van der Waals surface area contributed by atoms with Crippen LogP contribution >= 0.6 is 38.8 Å². The van der Waals surface area contributed by atoms with E-state index in [1.807, 2.05) is 31.2 Å². The first-order valence-corrected chi connectivity index (χ1v) is 24.4. The molecule has 10 heteroatoms. The first-order chi connectivity index (χ1) is 13.9. The minimum absolute atomic E-state index is 0.226. The van der Waals surface area contributed by atoms with E-state index in [9.17, 15) is 10.2 Å². The van der Waals surface area contributed by atoms with Crippen molar-refractivity contribution in [3.63, 3.8) is 0 Å². The van der Waals surface area contributed by atoms with Crippen molar-refractivity contribution < 1.29 is 40.5 Å². The molecule has 0 aliphatic heterocycles. The van der Waals surface area contributed by atoms with Gasteiger partial charge in [0.2, 0.25) is 0 Å². The summed E-state index contributed by atoms with van der Waals surface area (Å²) in [6.45, 7) is 5.09. The topological polar surface area (TPSA) is 65.2 Å². The molecule has 0 aliphatic carbocycles. The number of aromatic hydroxyl groups is 2. The van der Waals surface area contributed by atoms with E-state index in [-0.39, 0.29) is 11.5 Å². The van der Waals surface area contributed by atoms with Gasteiger partial charge in [0.05, 0.1) is 13.1 Å². The molecule has 0 heterocycles. The molecule has 29 heavy (non-hydrogen) atoms. The Morgan fingerprint density at radius 3 is 1.76 bits per heavy atom.